The number of carbonyl (C=O) groups is 1. The second-order valence-corrected chi connectivity index (χ2v) is 8.41. The van der Waals surface area contributed by atoms with Gasteiger partial charge in [-0.1, -0.05) is 42.5 Å². The van der Waals surface area contributed by atoms with Gasteiger partial charge in [-0.2, -0.15) is 5.10 Å². The Morgan fingerprint density at radius 1 is 1.11 bits per heavy atom. The second kappa shape index (κ2) is 10.4. The lowest BCUT2D eigenvalue weighted by molar-refractivity contribution is 0.0984. The predicted octanol–water partition coefficient (Wildman–Crippen LogP) is 2.41. The Bertz CT molecular complexity index is 1500. The Hall–Kier alpha value is -4.44. The summed E-state index contributed by atoms with van der Waals surface area (Å²) in [5.41, 5.74) is 8.34. The highest BCUT2D eigenvalue weighted by Gasteiger charge is 2.28. The molecule has 0 spiro atoms. The highest BCUT2D eigenvalue weighted by atomic mass is 16.5. The minimum absolute atomic E-state index is 0.0600. The number of H-pyrrole nitrogens is 1. The number of aromatic amines is 1. The topological polar surface area (TPSA) is 128 Å². The quantitative estimate of drug-likeness (QED) is 0.392. The number of rotatable bonds is 8. The molecule has 36 heavy (non-hydrogen) atoms. The maximum atomic E-state index is 13.9. The molecule has 4 aromatic rings. The van der Waals surface area contributed by atoms with Gasteiger partial charge in [0.1, 0.15) is 5.82 Å². The number of carbonyl (C=O) groups excluding carboxylic acids is 1. The van der Waals surface area contributed by atoms with Crippen molar-refractivity contribution >= 4 is 17.4 Å². The van der Waals surface area contributed by atoms with Gasteiger partial charge in [0, 0.05) is 7.11 Å². The summed E-state index contributed by atoms with van der Waals surface area (Å²) in [5.74, 6) is -0.585. The molecule has 10 heteroatoms. The molecular weight excluding hydrogens is 460 g/mol. The number of nitrogen functional groups attached to an aromatic ring is 1. The van der Waals surface area contributed by atoms with Crippen LogP contribution in [0.3, 0.4) is 0 Å². The summed E-state index contributed by atoms with van der Waals surface area (Å²) in [5, 5.41) is 4.43. The molecule has 0 unspecified atom stereocenters. The molecule has 0 saturated heterocycles. The zero-order chi connectivity index (χ0) is 25.8. The maximum absolute atomic E-state index is 13.9. The van der Waals surface area contributed by atoms with Crippen LogP contribution in [-0.4, -0.2) is 39.0 Å². The van der Waals surface area contributed by atoms with Crippen molar-refractivity contribution in [3.63, 3.8) is 0 Å². The number of methoxy groups -OCH3 is 1. The zero-order valence-corrected chi connectivity index (χ0v) is 20.4. The first kappa shape index (κ1) is 24.7. The van der Waals surface area contributed by atoms with Gasteiger partial charge in [0.05, 0.1) is 42.8 Å². The molecule has 0 aliphatic heterocycles. The van der Waals surface area contributed by atoms with Crippen LogP contribution in [0.1, 0.15) is 27.2 Å². The normalized spacial score (nSPS) is 11.0. The molecule has 0 aliphatic rings. The van der Waals surface area contributed by atoms with Crippen LogP contribution in [0.15, 0.2) is 70.4 Å². The lowest BCUT2D eigenvalue weighted by atomic mass is 10.1. The van der Waals surface area contributed by atoms with E-state index in [1.165, 1.54) is 22.8 Å². The van der Waals surface area contributed by atoms with E-state index in [1.54, 1.807) is 11.6 Å². The third-order valence-corrected chi connectivity index (χ3v) is 5.92. The second-order valence-electron chi connectivity index (χ2n) is 8.41. The van der Waals surface area contributed by atoms with E-state index in [4.69, 9.17) is 10.5 Å². The Kier molecular flexibility index (Phi) is 7.16. The minimum Gasteiger partial charge on any atom is -0.383 e. The molecule has 2 aromatic heterocycles. The van der Waals surface area contributed by atoms with Gasteiger partial charge in [-0.3, -0.25) is 24.0 Å². The summed E-state index contributed by atoms with van der Waals surface area (Å²) >= 11 is 0. The van der Waals surface area contributed by atoms with E-state index in [-0.39, 0.29) is 31.2 Å². The van der Waals surface area contributed by atoms with Crippen molar-refractivity contribution in [2.75, 3.05) is 24.4 Å². The highest BCUT2D eigenvalue weighted by molar-refractivity contribution is 6.07. The number of ether oxygens (including phenoxy) is 1. The number of hydrogen-bond acceptors (Lipinski definition) is 6. The molecule has 2 aromatic carbocycles. The van der Waals surface area contributed by atoms with Gasteiger partial charge in [-0.15, -0.1) is 0 Å². The Morgan fingerprint density at radius 2 is 1.86 bits per heavy atom. The number of nitrogens with one attached hydrogen (secondary N) is 1. The number of amides is 1. The minimum atomic E-state index is -0.751. The number of aryl methyl sites for hydroxylation is 1. The fourth-order valence-corrected chi connectivity index (χ4v) is 4.05. The van der Waals surface area contributed by atoms with Crippen molar-refractivity contribution in [2.45, 2.75) is 26.9 Å². The van der Waals surface area contributed by atoms with Crippen LogP contribution >= 0.6 is 0 Å². The summed E-state index contributed by atoms with van der Waals surface area (Å²) in [7, 11) is 1.49. The standard InChI is InChI=1S/C26H28N6O4/c1-17-8-7-11-20(14-17)32-18(2)21(15-28-32)25(34)31(16-19-9-5-4-6-10-19)22-23(27)30(12-13-36-3)26(35)29-24(22)33/h4-11,14-15H,12-13,16,27H2,1-3H3,(H,29,33,35). The van der Waals surface area contributed by atoms with Crippen LogP contribution in [0.25, 0.3) is 5.69 Å². The van der Waals surface area contributed by atoms with Gasteiger partial charge in [-0.05, 0) is 37.1 Å². The van der Waals surface area contributed by atoms with Crippen LogP contribution in [0.2, 0.25) is 0 Å². The molecule has 0 fully saturated rings. The molecule has 2 heterocycles. The van der Waals surface area contributed by atoms with Gasteiger partial charge in [-0.25, -0.2) is 9.48 Å². The lowest BCUT2D eigenvalue weighted by Crippen LogP contribution is -2.41. The summed E-state index contributed by atoms with van der Waals surface area (Å²) in [6.07, 6.45) is 1.48. The number of nitrogens with two attached hydrogens (primary N) is 1. The zero-order valence-electron chi connectivity index (χ0n) is 20.4. The van der Waals surface area contributed by atoms with E-state index < -0.39 is 17.2 Å². The fourth-order valence-electron chi connectivity index (χ4n) is 4.05. The average molecular weight is 489 g/mol. The predicted molar refractivity (Wildman–Crippen MR) is 138 cm³/mol. The van der Waals surface area contributed by atoms with Gasteiger partial charge in [0.25, 0.3) is 11.5 Å². The molecule has 0 saturated carbocycles. The van der Waals surface area contributed by atoms with Crippen LogP contribution in [0.5, 0.6) is 0 Å². The number of anilines is 2. The van der Waals surface area contributed by atoms with Gasteiger partial charge >= 0.3 is 5.69 Å². The Morgan fingerprint density at radius 3 is 2.56 bits per heavy atom. The monoisotopic (exact) mass is 488 g/mol. The fraction of sp³-hybridized carbons (Fsp3) is 0.231. The number of benzene rings is 2. The maximum Gasteiger partial charge on any atom is 0.330 e. The van der Waals surface area contributed by atoms with Crippen LogP contribution < -0.4 is 21.9 Å². The SMILES string of the molecule is COCCn1c(N)c(N(Cc2ccccc2)C(=O)c2cnn(-c3cccc(C)c3)c2C)c(=O)[nH]c1=O. The summed E-state index contributed by atoms with van der Waals surface area (Å²) in [4.78, 5) is 43.0. The Balaban J connectivity index is 1.84. The summed E-state index contributed by atoms with van der Waals surface area (Å²) in [6.45, 7) is 4.14. The number of hydrogen-bond donors (Lipinski definition) is 2. The van der Waals surface area contributed by atoms with Crippen molar-refractivity contribution in [1.29, 1.82) is 0 Å². The first-order valence-electron chi connectivity index (χ1n) is 11.4. The third-order valence-electron chi connectivity index (χ3n) is 5.92. The van der Waals surface area contributed by atoms with E-state index in [0.717, 1.165) is 16.8 Å². The van der Waals surface area contributed by atoms with E-state index >= 15 is 0 Å². The summed E-state index contributed by atoms with van der Waals surface area (Å²) < 4.78 is 7.93. The lowest BCUT2D eigenvalue weighted by Gasteiger charge is -2.24. The molecule has 4 rings (SSSR count). The van der Waals surface area contributed by atoms with E-state index in [0.29, 0.717) is 11.3 Å². The average Bonchev–Trinajstić information content (AvgIpc) is 3.24. The molecule has 0 bridgehead atoms. The number of aromatic nitrogens is 4. The third kappa shape index (κ3) is 4.84. The van der Waals surface area contributed by atoms with Crippen molar-refractivity contribution in [2.24, 2.45) is 0 Å². The molecule has 0 aliphatic carbocycles. The molecule has 1 amide bonds. The first-order valence-corrected chi connectivity index (χ1v) is 11.4. The van der Waals surface area contributed by atoms with E-state index in [1.807, 2.05) is 61.5 Å². The smallest absolute Gasteiger partial charge is 0.330 e. The van der Waals surface area contributed by atoms with Gasteiger partial charge in [0.2, 0.25) is 0 Å². The molecular formula is C26H28N6O4. The van der Waals surface area contributed by atoms with Crippen LogP contribution in [0, 0.1) is 13.8 Å². The van der Waals surface area contributed by atoms with Crippen molar-refractivity contribution in [1.82, 2.24) is 19.3 Å². The van der Waals surface area contributed by atoms with Crippen molar-refractivity contribution in [3.8, 4) is 5.69 Å². The summed E-state index contributed by atoms with van der Waals surface area (Å²) in [6, 6.07) is 17.0. The molecule has 0 radical (unpaired) electrons. The van der Waals surface area contributed by atoms with E-state index in [2.05, 4.69) is 10.1 Å². The number of nitrogens with zero attached hydrogens (tertiary/aromatic N) is 4. The van der Waals surface area contributed by atoms with Crippen molar-refractivity contribution < 1.29 is 9.53 Å². The highest BCUT2D eigenvalue weighted by Crippen LogP contribution is 2.24. The van der Waals surface area contributed by atoms with Crippen molar-refractivity contribution in [3.05, 3.63) is 104 Å². The Labute approximate surface area is 207 Å². The molecule has 10 nitrogen and oxygen atoms in total. The van der Waals surface area contributed by atoms with E-state index in [9.17, 15) is 14.4 Å². The van der Waals surface area contributed by atoms with Gasteiger partial charge in [0.15, 0.2) is 5.69 Å². The molecule has 186 valence electrons. The van der Waals surface area contributed by atoms with Crippen LogP contribution in [0.4, 0.5) is 11.5 Å². The van der Waals surface area contributed by atoms with Crippen LogP contribution in [-0.2, 0) is 17.8 Å². The van der Waals surface area contributed by atoms with Gasteiger partial charge < -0.3 is 10.5 Å². The molecule has 3 N–H and O–H groups in total. The largest absolute Gasteiger partial charge is 0.383 e. The first-order chi connectivity index (χ1) is 17.3. The molecule has 0 atom stereocenters.